The number of alkyl carbamates (subject to hydrolysis) is 2. The van der Waals surface area contributed by atoms with Crippen LogP contribution in [0.5, 0.6) is 5.75 Å². The third-order valence-electron chi connectivity index (χ3n) is 10.5. The zero-order chi connectivity index (χ0) is 50.1. The molecule has 0 bridgehead atoms. The Morgan fingerprint density at radius 1 is 0.768 bits per heavy atom. The van der Waals surface area contributed by atoms with Crippen LogP contribution >= 0.6 is 0 Å². The summed E-state index contributed by atoms with van der Waals surface area (Å²) in [4.78, 5) is 94.5. The van der Waals surface area contributed by atoms with E-state index in [4.69, 9.17) is 19.9 Å². The summed E-state index contributed by atoms with van der Waals surface area (Å²) in [5, 5.41) is 16.3. The molecule has 5 rings (SSSR count). The van der Waals surface area contributed by atoms with Crippen LogP contribution in [-0.4, -0.2) is 102 Å². The largest absolute Gasteiger partial charge is 0.482 e. The van der Waals surface area contributed by atoms with Crippen molar-refractivity contribution in [2.75, 3.05) is 36.9 Å². The molecular formula is C50H67N9O10. The number of carbonyl (C=O) groups is 7. The number of hydrogen-bond acceptors (Lipinski definition) is 12. The minimum Gasteiger partial charge on any atom is -0.482 e. The summed E-state index contributed by atoms with van der Waals surface area (Å²) in [6.07, 6.45) is 5.19. The first-order chi connectivity index (χ1) is 32.7. The second-order valence-corrected chi connectivity index (χ2v) is 19.0. The van der Waals surface area contributed by atoms with E-state index in [0.29, 0.717) is 66.3 Å². The Morgan fingerprint density at radius 3 is 2.03 bits per heavy atom. The molecule has 3 aromatic carbocycles. The SMILES string of the molecule is CC(C)(C)OC(=O)NC(=NCCC[C@H](N)C(=O)NCCCCCCCNC(=O)c1cccc(NC(=O)c2ccc(CN(C(=O)c3ccc4c(c3)OCC(=O)N4)C3CC3)cc2)c1)NC(=O)OC(C)(C)C. The van der Waals surface area contributed by atoms with Gasteiger partial charge in [-0.1, -0.05) is 37.5 Å². The molecule has 372 valence electrons. The monoisotopic (exact) mass is 954 g/mol. The smallest absolute Gasteiger partial charge is 0.414 e. The highest BCUT2D eigenvalue weighted by atomic mass is 16.6. The van der Waals surface area contributed by atoms with Crippen LogP contribution in [0.25, 0.3) is 0 Å². The van der Waals surface area contributed by atoms with Gasteiger partial charge in [-0.3, -0.25) is 39.6 Å². The second-order valence-electron chi connectivity index (χ2n) is 19.0. The molecule has 0 unspecified atom stereocenters. The fourth-order valence-electron chi connectivity index (χ4n) is 7.00. The third kappa shape index (κ3) is 18.5. The van der Waals surface area contributed by atoms with Crippen LogP contribution in [0, 0.1) is 0 Å². The van der Waals surface area contributed by atoms with Crippen molar-refractivity contribution in [2.24, 2.45) is 10.7 Å². The van der Waals surface area contributed by atoms with Crippen LogP contribution in [0.4, 0.5) is 21.0 Å². The maximum absolute atomic E-state index is 13.6. The molecule has 0 saturated heterocycles. The van der Waals surface area contributed by atoms with Crippen LogP contribution in [0.3, 0.4) is 0 Å². The number of anilines is 2. The normalized spacial score (nSPS) is 13.5. The highest BCUT2D eigenvalue weighted by molar-refractivity contribution is 6.05. The lowest BCUT2D eigenvalue weighted by atomic mass is 10.1. The number of unbranched alkanes of at least 4 members (excludes halogenated alkanes) is 4. The number of guanidine groups is 1. The summed E-state index contributed by atoms with van der Waals surface area (Å²) < 4.78 is 16.0. The van der Waals surface area contributed by atoms with Gasteiger partial charge in [0.2, 0.25) is 11.9 Å². The van der Waals surface area contributed by atoms with E-state index in [1.165, 1.54) is 0 Å². The molecular weight excluding hydrogens is 887 g/mol. The molecule has 1 fully saturated rings. The molecule has 1 aliphatic carbocycles. The number of fused-ring (bicyclic) bond motifs is 1. The van der Waals surface area contributed by atoms with E-state index in [1.807, 2.05) is 17.0 Å². The van der Waals surface area contributed by atoms with Crippen LogP contribution in [0.2, 0.25) is 0 Å². The quantitative estimate of drug-likeness (QED) is 0.0371. The standard InChI is InChI=1S/C50H67N9O10/c1-49(2,3)68-47(65)57-46(58-48(66)69-50(4,5)6)54-27-13-16-38(51)44(63)53-26-11-9-7-8-10-25-52-42(61)34-14-12-15-36(28-34)55-43(62)33-19-17-32(18-20-33)30-59(37-22-23-37)45(64)35-21-24-39-40(29-35)67-31-41(60)56-39/h12,14-15,17-21,24,28-29,37-38H,7-11,13,16,22-23,25-27,30-31,51H2,1-6H3,(H,52,61)(H,53,63)(H,55,62)(H,56,60)(H2,54,57,58,65,66)/t38-/m0/s1. The zero-order valence-corrected chi connectivity index (χ0v) is 40.5. The maximum Gasteiger partial charge on any atom is 0.414 e. The molecule has 0 aromatic heterocycles. The van der Waals surface area contributed by atoms with Gasteiger partial charge >= 0.3 is 12.2 Å². The topological polar surface area (TPSA) is 261 Å². The molecule has 7 amide bonds. The van der Waals surface area contributed by atoms with Gasteiger partial charge in [-0.05, 0) is 134 Å². The lowest BCUT2D eigenvalue weighted by Crippen LogP contribution is -2.47. The highest BCUT2D eigenvalue weighted by Crippen LogP contribution is 2.33. The predicted molar refractivity (Wildman–Crippen MR) is 261 cm³/mol. The summed E-state index contributed by atoms with van der Waals surface area (Å²) in [7, 11) is 0. The van der Waals surface area contributed by atoms with Gasteiger partial charge < -0.3 is 46.1 Å². The van der Waals surface area contributed by atoms with Crippen molar-refractivity contribution in [2.45, 2.75) is 129 Å². The summed E-state index contributed by atoms with van der Waals surface area (Å²) in [5.41, 5.74) is 7.77. The molecule has 1 aliphatic heterocycles. The fraction of sp³-hybridized carbons (Fsp3) is 0.480. The number of hydrogen-bond donors (Lipinski definition) is 7. The Kier molecular flexibility index (Phi) is 19.1. The Bertz CT molecular complexity index is 2300. The molecule has 19 nitrogen and oxygen atoms in total. The van der Waals surface area contributed by atoms with Crippen molar-refractivity contribution in [1.29, 1.82) is 0 Å². The molecule has 3 aromatic rings. The molecule has 1 heterocycles. The zero-order valence-electron chi connectivity index (χ0n) is 40.5. The molecule has 69 heavy (non-hydrogen) atoms. The number of amides is 7. The number of nitrogens with two attached hydrogens (primary N) is 1. The van der Waals surface area contributed by atoms with E-state index in [2.05, 4.69) is 36.9 Å². The lowest BCUT2D eigenvalue weighted by molar-refractivity contribution is -0.122. The van der Waals surface area contributed by atoms with Gasteiger partial charge in [0.05, 0.1) is 11.7 Å². The Labute approximate surface area is 403 Å². The molecule has 1 saturated carbocycles. The lowest BCUT2D eigenvalue weighted by Gasteiger charge is -2.24. The highest BCUT2D eigenvalue weighted by Gasteiger charge is 2.34. The number of benzene rings is 3. The average Bonchev–Trinajstić information content (AvgIpc) is 4.13. The van der Waals surface area contributed by atoms with E-state index in [1.54, 1.807) is 96.1 Å². The third-order valence-corrected chi connectivity index (χ3v) is 10.5. The molecule has 0 radical (unpaired) electrons. The number of rotatable bonds is 20. The van der Waals surface area contributed by atoms with Crippen molar-refractivity contribution in [3.8, 4) is 5.75 Å². The minimum atomic E-state index is -0.797. The molecule has 0 spiro atoms. The second kappa shape index (κ2) is 24.8. The maximum atomic E-state index is 13.6. The summed E-state index contributed by atoms with van der Waals surface area (Å²) in [6, 6.07) is 18.2. The fourth-order valence-corrected chi connectivity index (χ4v) is 7.00. The van der Waals surface area contributed by atoms with Gasteiger partial charge in [0.15, 0.2) is 6.61 Å². The summed E-state index contributed by atoms with van der Waals surface area (Å²) in [5.74, 6) is -0.918. The van der Waals surface area contributed by atoms with Crippen molar-refractivity contribution in [1.82, 2.24) is 26.2 Å². The van der Waals surface area contributed by atoms with Gasteiger partial charge in [-0.2, -0.15) is 0 Å². The Hall–Kier alpha value is -7.02. The molecule has 8 N–H and O–H groups in total. The van der Waals surface area contributed by atoms with E-state index in [0.717, 1.165) is 50.5 Å². The van der Waals surface area contributed by atoms with Crippen molar-refractivity contribution in [3.05, 3.63) is 89.0 Å². The molecule has 19 heteroatoms. The van der Waals surface area contributed by atoms with E-state index < -0.39 is 29.4 Å². The number of ether oxygens (including phenoxy) is 3. The molecule has 2 aliphatic rings. The average molecular weight is 954 g/mol. The van der Waals surface area contributed by atoms with Gasteiger partial charge in [0, 0.05) is 54.6 Å². The van der Waals surface area contributed by atoms with Crippen LogP contribution in [0.1, 0.15) is 136 Å². The van der Waals surface area contributed by atoms with Crippen LogP contribution < -0.4 is 42.4 Å². The van der Waals surface area contributed by atoms with Gasteiger partial charge in [-0.25, -0.2) is 9.59 Å². The minimum absolute atomic E-state index is 0.0984. The van der Waals surface area contributed by atoms with Crippen LogP contribution in [0.15, 0.2) is 71.7 Å². The first-order valence-corrected chi connectivity index (χ1v) is 23.5. The Morgan fingerprint density at radius 2 is 1.39 bits per heavy atom. The van der Waals surface area contributed by atoms with Crippen molar-refractivity contribution >= 4 is 59.1 Å². The van der Waals surface area contributed by atoms with E-state index in [9.17, 15) is 33.6 Å². The van der Waals surface area contributed by atoms with Gasteiger partial charge in [-0.15, -0.1) is 0 Å². The number of carbonyl (C=O) groups excluding carboxylic acids is 7. The molecule has 1 atom stereocenters. The van der Waals surface area contributed by atoms with Crippen LogP contribution in [-0.2, 0) is 25.6 Å². The van der Waals surface area contributed by atoms with E-state index in [-0.39, 0.29) is 54.7 Å². The summed E-state index contributed by atoms with van der Waals surface area (Å²) >= 11 is 0. The van der Waals surface area contributed by atoms with Crippen molar-refractivity contribution in [3.63, 3.8) is 0 Å². The number of nitrogens with one attached hydrogen (secondary N) is 6. The summed E-state index contributed by atoms with van der Waals surface area (Å²) in [6.45, 7) is 11.6. The predicted octanol–water partition coefficient (Wildman–Crippen LogP) is 6.38. The number of nitrogens with zero attached hydrogens (tertiary/aromatic N) is 2. The Balaban J connectivity index is 0.947. The first kappa shape index (κ1) is 52.9. The first-order valence-electron chi connectivity index (χ1n) is 23.5. The van der Waals surface area contributed by atoms with Gasteiger partial charge in [0.25, 0.3) is 23.6 Å². The van der Waals surface area contributed by atoms with Gasteiger partial charge in [0.1, 0.15) is 17.0 Å². The van der Waals surface area contributed by atoms with E-state index >= 15 is 0 Å². The van der Waals surface area contributed by atoms with Crippen molar-refractivity contribution < 1.29 is 47.8 Å². The number of aliphatic imine (C=N–C) groups is 1.